The molecule has 0 spiro atoms. The van der Waals surface area contributed by atoms with E-state index >= 15 is 0 Å². The zero-order chi connectivity index (χ0) is 14.4. The summed E-state index contributed by atoms with van der Waals surface area (Å²) < 4.78 is 0. The van der Waals surface area contributed by atoms with Crippen molar-refractivity contribution in [3.05, 3.63) is 35.4 Å². The van der Waals surface area contributed by atoms with Gasteiger partial charge in [0, 0.05) is 13.2 Å². The molecule has 0 aliphatic carbocycles. The summed E-state index contributed by atoms with van der Waals surface area (Å²) >= 11 is 0. The van der Waals surface area contributed by atoms with Crippen LogP contribution in [0.15, 0.2) is 24.3 Å². The van der Waals surface area contributed by atoms with Gasteiger partial charge in [-0.15, -0.1) is 0 Å². The van der Waals surface area contributed by atoms with E-state index < -0.39 is 0 Å². The number of hydrogen-bond donors (Lipinski definition) is 3. The molecule has 0 aromatic heterocycles. The van der Waals surface area contributed by atoms with Gasteiger partial charge in [-0.25, -0.2) is 5.84 Å². The van der Waals surface area contributed by atoms with Gasteiger partial charge in [0.05, 0.1) is 6.42 Å². The smallest absolute Gasteiger partial charge is 0.238 e. The van der Waals surface area contributed by atoms with E-state index in [1.807, 2.05) is 18.2 Å². The molecule has 0 bridgehead atoms. The Morgan fingerprint density at radius 2 is 1.95 bits per heavy atom. The maximum absolute atomic E-state index is 11.4. The lowest BCUT2D eigenvalue weighted by Crippen LogP contribution is -2.35. The summed E-state index contributed by atoms with van der Waals surface area (Å²) in [6, 6.07) is 7.99. The predicted molar refractivity (Wildman–Crippen MR) is 77.6 cm³/mol. The van der Waals surface area contributed by atoms with Crippen LogP contribution in [0.3, 0.4) is 0 Å². The van der Waals surface area contributed by atoms with Crippen molar-refractivity contribution in [2.75, 3.05) is 19.7 Å². The monoisotopic (exact) mass is 277 g/mol. The summed E-state index contributed by atoms with van der Waals surface area (Å²) in [4.78, 5) is 13.8. The van der Waals surface area contributed by atoms with Gasteiger partial charge < -0.3 is 5.11 Å². The third kappa shape index (κ3) is 4.03. The van der Waals surface area contributed by atoms with E-state index in [1.165, 1.54) is 5.56 Å². The summed E-state index contributed by atoms with van der Waals surface area (Å²) in [6.45, 7) is 3.15. The highest BCUT2D eigenvalue weighted by atomic mass is 16.3. The van der Waals surface area contributed by atoms with E-state index in [2.05, 4.69) is 16.4 Å². The number of likely N-dealkylation sites (tertiary alicyclic amines) is 1. The first kappa shape index (κ1) is 15.0. The summed E-state index contributed by atoms with van der Waals surface area (Å²) in [5.41, 5.74) is 4.38. The van der Waals surface area contributed by atoms with Crippen LogP contribution in [0.25, 0.3) is 0 Å². The molecular formula is C15H23N3O2. The molecule has 0 saturated carbocycles. The fraction of sp³-hybridized carbons (Fsp3) is 0.533. The molecule has 0 unspecified atom stereocenters. The van der Waals surface area contributed by atoms with Gasteiger partial charge in [0.25, 0.3) is 0 Å². The number of hydrazine groups is 1. The molecular weight excluding hydrogens is 254 g/mol. The van der Waals surface area contributed by atoms with E-state index in [9.17, 15) is 4.79 Å². The Kier molecular flexibility index (Phi) is 5.52. The van der Waals surface area contributed by atoms with Crippen LogP contribution < -0.4 is 11.3 Å². The highest BCUT2D eigenvalue weighted by Gasteiger charge is 2.19. The largest absolute Gasteiger partial charge is 0.396 e. The lowest BCUT2D eigenvalue weighted by molar-refractivity contribution is -0.120. The maximum Gasteiger partial charge on any atom is 0.238 e. The van der Waals surface area contributed by atoms with E-state index in [-0.39, 0.29) is 5.91 Å². The normalized spacial score (nSPS) is 17.1. The Balaban J connectivity index is 1.97. The Hall–Kier alpha value is -1.43. The van der Waals surface area contributed by atoms with Crippen LogP contribution in [-0.4, -0.2) is 35.6 Å². The van der Waals surface area contributed by atoms with Gasteiger partial charge in [0.1, 0.15) is 0 Å². The highest BCUT2D eigenvalue weighted by molar-refractivity contribution is 5.78. The summed E-state index contributed by atoms with van der Waals surface area (Å²) in [5.74, 6) is 5.43. The number of nitrogens with two attached hydrogens (primary N) is 1. The lowest BCUT2D eigenvalue weighted by Gasteiger charge is -2.31. The first-order chi connectivity index (χ1) is 9.72. The van der Waals surface area contributed by atoms with Crippen molar-refractivity contribution in [3.63, 3.8) is 0 Å². The SMILES string of the molecule is NNC(=O)Cc1ccccc1CN1CCC(CO)CC1. The van der Waals surface area contributed by atoms with Gasteiger partial charge in [0.2, 0.25) is 5.91 Å². The van der Waals surface area contributed by atoms with Gasteiger partial charge in [-0.05, 0) is 43.0 Å². The molecule has 2 rings (SSSR count). The molecule has 1 aliphatic heterocycles. The number of aliphatic hydroxyl groups excluding tert-OH is 1. The number of nitrogens with one attached hydrogen (secondary N) is 1. The first-order valence-corrected chi connectivity index (χ1v) is 7.12. The van der Waals surface area contributed by atoms with E-state index in [4.69, 9.17) is 10.9 Å². The van der Waals surface area contributed by atoms with E-state index in [0.29, 0.717) is 18.9 Å². The third-order valence-electron chi connectivity index (χ3n) is 3.99. The summed E-state index contributed by atoms with van der Waals surface area (Å²) in [5, 5.41) is 9.16. The fourth-order valence-electron chi connectivity index (χ4n) is 2.68. The number of aliphatic hydroxyl groups is 1. The number of carbonyl (C=O) groups is 1. The second-order valence-electron chi connectivity index (χ2n) is 5.42. The molecule has 1 saturated heterocycles. The molecule has 0 radical (unpaired) electrons. The van der Waals surface area contributed by atoms with Crippen LogP contribution in [0.4, 0.5) is 0 Å². The molecule has 1 heterocycles. The number of hydrogen-bond acceptors (Lipinski definition) is 4. The second kappa shape index (κ2) is 7.38. The maximum atomic E-state index is 11.4. The fourth-order valence-corrected chi connectivity index (χ4v) is 2.68. The van der Waals surface area contributed by atoms with Gasteiger partial charge in [0.15, 0.2) is 0 Å². The van der Waals surface area contributed by atoms with Crippen molar-refractivity contribution in [1.82, 2.24) is 10.3 Å². The number of benzene rings is 1. The number of piperidine rings is 1. The zero-order valence-electron chi connectivity index (χ0n) is 11.7. The molecule has 0 atom stereocenters. The molecule has 5 heteroatoms. The topological polar surface area (TPSA) is 78.6 Å². The summed E-state index contributed by atoms with van der Waals surface area (Å²) in [7, 11) is 0. The number of carbonyl (C=O) groups excluding carboxylic acids is 1. The molecule has 1 aromatic carbocycles. The minimum atomic E-state index is -0.170. The standard InChI is InChI=1S/C15H23N3O2/c16-17-15(20)9-13-3-1-2-4-14(13)10-18-7-5-12(11-19)6-8-18/h1-4,12,19H,5-11,16H2,(H,17,20). The van der Waals surface area contributed by atoms with Crippen LogP contribution in [0, 0.1) is 5.92 Å². The zero-order valence-corrected chi connectivity index (χ0v) is 11.7. The van der Waals surface area contributed by atoms with Crippen LogP contribution in [0.1, 0.15) is 24.0 Å². The van der Waals surface area contributed by atoms with Crippen molar-refractivity contribution in [2.45, 2.75) is 25.8 Å². The molecule has 1 aromatic rings. The Bertz CT molecular complexity index is 442. The number of nitrogens with zero attached hydrogens (tertiary/aromatic N) is 1. The van der Waals surface area contributed by atoms with E-state index in [0.717, 1.165) is 38.0 Å². The average molecular weight is 277 g/mol. The Morgan fingerprint density at radius 1 is 1.30 bits per heavy atom. The second-order valence-corrected chi connectivity index (χ2v) is 5.42. The molecule has 5 nitrogen and oxygen atoms in total. The van der Waals surface area contributed by atoms with Gasteiger partial charge in [-0.3, -0.25) is 15.1 Å². The van der Waals surface area contributed by atoms with Crippen LogP contribution in [0.2, 0.25) is 0 Å². The van der Waals surface area contributed by atoms with Crippen molar-refractivity contribution in [2.24, 2.45) is 11.8 Å². The third-order valence-corrected chi connectivity index (χ3v) is 3.99. The minimum absolute atomic E-state index is 0.170. The minimum Gasteiger partial charge on any atom is -0.396 e. The van der Waals surface area contributed by atoms with Gasteiger partial charge in [-0.1, -0.05) is 24.3 Å². The van der Waals surface area contributed by atoms with Crippen LogP contribution in [-0.2, 0) is 17.8 Å². The average Bonchev–Trinajstić information content (AvgIpc) is 2.50. The van der Waals surface area contributed by atoms with E-state index in [1.54, 1.807) is 0 Å². The molecule has 1 fully saturated rings. The predicted octanol–water partition coefficient (Wildman–Crippen LogP) is 0.423. The van der Waals surface area contributed by atoms with Gasteiger partial charge in [-0.2, -0.15) is 0 Å². The molecule has 4 N–H and O–H groups in total. The summed E-state index contributed by atoms with van der Waals surface area (Å²) in [6.07, 6.45) is 2.41. The molecule has 1 aliphatic rings. The van der Waals surface area contributed by atoms with Crippen LogP contribution in [0.5, 0.6) is 0 Å². The van der Waals surface area contributed by atoms with Crippen LogP contribution >= 0.6 is 0 Å². The Morgan fingerprint density at radius 3 is 2.55 bits per heavy atom. The van der Waals surface area contributed by atoms with Crippen molar-refractivity contribution in [1.29, 1.82) is 0 Å². The quantitative estimate of drug-likeness (QED) is 0.414. The number of amides is 1. The van der Waals surface area contributed by atoms with Gasteiger partial charge >= 0.3 is 0 Å². The molecule has 20 heavy (non-hydrogen) atoms. The molecule has 1 amide bonds. The van der Waals surface area contributed by atoms with Crippen molar-refractivity contribution < 1.29 is 9.90 Å². The lowest BCUT2D eigenvalue weighted by atomic mass is 9.96. The highest BCUT2D eigenvalue weighted by Crippen LogP contribution is 2.20. The first-order valence-electron chi connectivity index (χ1n) is 7.12. The van der Waals surface area contributed by atoms with Crippen molar-refractivity contribution >= 4 is 5.91 Å². The Labute approximate surface area is 119 Å². The molecule has 110 valence electrons. The van der Waals surface area contributed by atoms with Crippen molar-refractivity contribution in [3.8, 4) is 0 Å². The number of rotatable bonds is 5.